The van der Waals surface area contributed by atoms with Gasteiger partial charge in [0, 0.05) is 0 Å². The van der Waals surface area contributed by atoms with Crippen LogP contribution in [0.15, 0.2) is 18.2 Å². The van der Waals surface area contributed by atoms with Crippen LogP contribution in [0.2, 0.25) is 0 Å². The van der Waals surface area contributed by atoms with Crippen LogP contribution in [0.1, 0.15) is 18.1 Å². The van der Waals surface area contributed by atoms with E-state index in [2.05, 4.69) is 6.92 Å². The molecule has 3 N–H and O–H groups in total. The van der Waals surface area contributed by atoms with E-state index in [-0.39, 0.29) is 0 Å². The molecule has 2 nitrogen and oxygen atoms in total. The van der Waals surface area contributed by atoms with Crippen molar-refractivity contribution in [2.45, 2.75) is 19.8 Å². The first-order chi connectivity index (χ1) is 5.77. The first-order valence-corrected chi connectivity index (χ1v) is 4.28. The maximum Gasteiger partial charge on any atom is 0.118 e. The SMILES string of the molecule is CCc1ccc(O)c(CCN)c1. The van der Waals surface area contributed by atoms with E-state index < -0.39 is 0 Å². The number of phenols is 1. The van der Waals surface area contributed by atoms with Gasteiger partial charge in [0.25, 0.3) is 0 Å². The lowest BCUT2D eigenvalue weighted by Crippen LogP contribution is -2.03. The third-order valence-electron chi connectivity index (χ3n) is 1.97. The highest BCUT2D eigenvalue weighted by Gasteiger charge is 2.00. The quantitative estimate of drug-likeness (QED) is 0.712. The van der Waals surface area contributed by atoms with E-state index in [1.54, 1.807) is 6.07 Å². The summed E-state index contributed by atoms with van der Waals surface area (Å²) in [6.45, 7) is 2.68. The molecule has 0 atom stereocenters. The van der Waals surface area contributed by atoms with E-state index in [1.165, 1.54) is 5.56 Å². The summed E-state index contributed by atoms with van der Waals surface area (Å²) in [7, 11) is 0. The Kier molecular flexibility index (Phi) is 3.11. The fraction of sp³-hybridized carbons (Fsp3) is 0.400. The topological polar surface area (TPSA) is 46.2 Å². The average Bonchev–Trinajstić information content (AvgIpc) is 2.09. The highest BCUT2D eigenvalue weighted by Crippen LogP contribution is 2.18. The van der Waals surface area contributed by atoms with Crippen molar-refractivity contribution in [1.82, 2.24) is 0 Å². The molecule has 1 aromatic carbocycles. The molecule has 66 valence electrons. The molecule has 2 heteroatoms. The van der Waals surface area contributed by atoms with Crippen LogP contribution in [0.3, 0.4) is 0 Å². The second-order valence-corrected chi connectivity index (χ2v) is 2.86. The average molecular weight is 165 g/mol. The second kappa shape index (κ2) is 4.12. The van der Waals surface area contributed by atoms with Crippen LogP contribution in [0.25, 0.3) is 0 Å². The number of hydrogen-bond donors (Lipinski definition) is 2. The molecule has 0 unspecified atom stereocenters. The first kappa shape index (κ1) is 9.07. The van der Waals surface area contributed by atoms with Gasteiger partial charge in [-0.1, -0.05) is 19.1 Å². The van der Waals surface area contributed by atoms with E-state index >= 15 is 0 Å². The van der Waals surface area contributed by atoms with Crippen molar-refractivity contribution < 1.29 is 5.11 Å². The van der Waals surface area contributed by atoms with Gasteiger partial charge in [0.2, 0.25) is 0 Å². The molecule has 1 rings (SSSR count). The van der Waals surface area contributed by atoms with Gasteiger partial charge in [-0.2, -0.15) is 0 Å². The molecule has 0 saturated carbocycles. The van der Waals surface area contributed by atoms with Crippen molar-refractivity contribution >= 4 is 0 Å². The standard InChI is InChI=1S/C10H15NO/c1-2-8-3-4-10(12)9(7-8)5-6-11/h3-4,7,12H,2,5-6,11H2,1H3. The number of aromatic hydroxyl groups is 1. The van der Waals surface area contributed by atoms with Crippen LogP contribution in [-0.2, 0) is 12.8 Å². The van der Waals surface area contributed by atoms with E-state index in [9.17, 15) is 5.11 Å². The minimum absolute atomic E-state index is 0.359. The maximum absolute atomic E-state index is 9.41. The van der Waals surface area contributed by atoms with Crippen molar-refractivity contribution in [3.8, 4) is 5.75 Å². The molecule has 1 aromatic rings. The zero-order valence-electron chi connectivity index (χ0n) is 7.38. The van der Waals surface area contributed by atoms with Gasteiger partial charge in [0.15, 0.2) is 0 Å². The molecule has 0 aromatic heterocycles. The van der Waals surface area contributed by atoms with Gasteiger partial charge in [-0.25, -0.2) is 0 Å². The summed E-state index contributed by atoms with van der Waals surface area (Å²) in [5.41, 5.74) is 7.61. The first-order valence-electron chi connectivity index (χ1n) is 4.28. The Morgan fingerprint density at radius 2 is 2.17 bits per heavy atom. The van der Waals surface area contributed by atoms with E-state index in [4.69, 9.17) is 5.73 Å². The van der Waals surface area contributed by atoms with Crippen LogP contribution in [0.5, 0.6) is 5.75 Å². The third kappa shape index (κ3) is 1.98. The van der Waals surface area contributed by atoms with Crippen molar-refractivity contribution in [2.24, 2.45) is 5.73 Å². The zero-order chi connectivity index (χ0) is 8.97. The van der Waals surface area contributed by atoms with Gasteiger partial charge in [-0.05, 0) is 36.6 Å². The Balaban J connectivity index is 2.91. The van der Waals surface area contributed by atoms with Crippen molar-refractivity contribution in [3.63, 3.8) is 0 Å². The van der Waals surface area contributed by atoms with E-state index in [1.807, 2.05) is 12.1 Å². The number of phenolic OH excluding ortho intramolecular Hbond substituents is 1. The zero-order valence-corrected chi connectivity index (χ0v) is 7.38. The van der Waals surface area contributed by atoms with Crippen LogP contribution >= 0.6 is 0 Å². The minimum atomic E-state index is 0.359. The van der Waals surface area contributed by atoms with Gasteiger partial charge >= 0.3 is 0 Å². The highest BCUT2D eigenvalue weighted by atomic mass is 16.3. The van der Waals surface area contributed by atoms with Crippen LogP contribution in [0.4, 0.5) is 0 Å². The van der Waals surface area contributed by atoms with E-state index in [0.717, 1.165) is 18.4 Å². The van der Waals surface area contributed by atoms with Gasteiger partial charge in [0.05, 0.1) is 0 Å². The van der Waals surface area contributed by atoms with Crippen molar-refractivity contribution in [2.75, 3.05) is 6.54 Å². The van der Waals surface area contributed by atoms with Crippen LogP contribution < -0.4 is 5.73 Å². The molecule has 12 heavy (non-hydrogen) atoms. The highest BCUT2D eigenvalue weighted by molar-refractivity contribution is 5.36. The molecule has 0 aliphatic rings. The molecule has 0 spiro atoms. The number of benzene rings is 1. The smallest absolute Gasteiger partial charge is 0.118 e. The van der Waals surface area contributed by atoms with Gasteiger partial charge in [-0.15, -0.1) is 0 Å². The minimum Gasteiger partial charge on any atom is -0.508 e. The Hall–Kier alpha value is -1.02. The number of rotatable bonds is 3. The summed E-state index contributed by atoms with van der Waals surface area (Å²) in [5.74, 6) is 0.359. The molecule has 0 bridgehead atoms. The largest absolute Gasteiger partial charge is 0.508 e. The molecule has 0 aliphatic carbocycles. The Labute approximate surface area is 73.0 Å². The number of nitrogens with two attached hydrogens (primary N) is 1. The molecule has 0 radical (unpaired) electrons. The third-order valence-corrected chi connectivity index (χ3v) is 1.97. The van der Waals surface area contributed by atoms with Crippen LogP contribution in [0, 0.1) is 0 Å². The predicted octanol–water partition coefficient (Wildman–Crippen LogP) is 1.46. The Morgan fingerprint density at radius 1 is 1.42 bits per heavy atom. The lowest BCUT2D eigenvalue weighted by atomic mass is 10.1. The van der Waals surface area contributed by atoms with Gasteiger partial charge in [0.1, 0.15) is 5.75 Å². The van der Waals surface area contributed by atoms with E-state index in [0.29, 0.717) is 12.3 Å². The summed E-state index contributed by atoms with van der Waals surface area (Å²) < 4.78 is 0. The summed E-state index contributed by atoms with van der Waals surface area (Å²) in [4.78, 5) is 0. The molecule has 0 fully saturated rings. The Morgan fingerprint density at radius 3 is 2.75 bits per heavy atom. The lowest BCUT2D eigenvalue weighted by molar-refractivity contribution is 0.468. The predicted molar refractivity (Wildman–Crippen MR) is 50.2 cm³/mol. The van der Waals surface area contributed by atoms with Gasteiger partial charge < -0.3 is 10.8 Å². The Bertz CT molecular complexity index is 258. The molecule has 0 heterocycles. The molecule has 0 saturated heterocycles. The molecule has 0 aliphatic heterocycles. The second-order valence-electron chi connectivity index (χ2n) is 2.86. The summed E-state index contributed by atoms with van der Waals surface area (Å²) >= 11 is 0. The van der Waals surface area contributed by atoms with Crippen molar-refractivity contribution in [3.05, 3.63) is 29.3 Å². The fourth-order valence-electron chi connectivity index (χ4n) is 1.21. The monoisotopic (exact) mass is 165 g/mol. The number of hydrogen-bond acceptors (Lipinski definition) is 2. The summed E-state index contributed by atoms with van der Waals surface area (Å²) in [6, 6.07) is 5.70. The molecular weight excluding hydrogens is 150 g/mol. The summed E-state index contributed by atoms with van der Waals surface area (Å²) in [5, 5.41) is 9.41. The van der Waals surface area contributed by atoms with Crippen molar-refractivity contribution in [1.29, 1.82) is 0 Å². The normalized spacial score (nSPS) is 10.2. The van der Waals surface area contributed by atoms with Gasteiger partial charge in [-0.3, -0.25) is 0 Å². The molecule has 0 amide bonds. The maximum atomic E-state index is 9.41. The number of aryl methyl sites for hydroxylation is 1. The summed E-state index contributed by atoms with van der Waals surface area (Å²) in [6.07, 6.45) is 1.75. The molecular formula is C10H15NO. The lowest BCUT2D eigenvalue weighted by Gasteiger charge is -2.04. The van der Waals surface area contributed by atoms with Crippen LogP contribution in [-0.4, -0.2) is 11.7 Å². The fourth-order valence-corrected chi connectivity index (χ4v) is 1.21.